The number of ether oxygens (including phenoxy) is 4. The van der Waals surface area contributed by atoms with E-state index in [1.807, 2.05) is 0 Å². The fourth-order valence-corrected chi connectivity index (χ4v) is 3.14. The van der Waals surface area contributed by atoms with Gasteiger partial charge in [-0.1, -0.05) is 32.6 Å². The molecule has 0 aromatic carbocycles. The number of rotatable bonds is 9. The Balaban J connectivity index is 1.89. The molecule has 2 fully saturated rings. The van der Waals surface area contributed by atoms with Crippen LogP contribution in [0.2, 0.25) is 0 Å². The molecule has 0 aromatic rings. The predicted octanol–water partition coefficient (Wildman–Crippen LogP) is 1.49. The van der Waals surface area contributed by atoms with Crippen LogP contribution >= 0.6 is 0 Å². The summed E-state index contributed by atoms with van der Waals surface area (Å²) >= 11 is 0. The standard InChI is InChI=1S/C17H30O7/c1-4-5-6-7-8-9-12(20)21-14-13(11(19)10-18)22-16-15(14)23-17(2,3)24-16/h11,13-16,18-19H,4-10H2,1-3H3/t11-,13-,14+,15-,16-/m1/s1. The van der Waals surface area contributed by atoms with Crippen LogP contribution < -0.4 is 0 Å². The summed E-state index contributed by atoms with van der Waals surface area (Å²) < 4.78 is 22.5. The number of unbranched alkanes of at least 4 members (excludes halogenated alkanes) is 4. The third-order valence-electron chi connectivity index (χ3n) is 4.35. The Labute approximate surface area is 143 Å². The highest BCUT2D eigenvalue weighted by atomic mass is 16.8. The monoisotopic (exact) mass is 346 g/mol. The van der Waals surface area contributed by atoms with Crippen LogP contribution in [0.1, 0.15) is 59.3 Å². The van der Waals surface area contributed by atoms with Crippen LogP contribution in [0.5, 0.6) is 0 Å². The molecule has 0 aliphatic carbocycles. The SMILES string of the molecule is CCCCCCCC(=O)O[C@@H]1[C@H]2OC(C)(C)O[C@H]2O[C@@H]1[C@H](O)CO. The third kappa shape index (κ3) is 4.89. The molecule has 2 heterocycles. The summed E-state index contributed by atoms with van der Waals surface area (Å²) in [4.78, 5) is 12.1. The molecule has 2 aliphatic rings. The van der Waals surface area contributed by atoms with E-state index in [0.29, 0.717) is 6.42 Å². The van der Waals surface area contributed by atoms with Gasteiger partial charge in [0, 0.05) is 6.42 Å². The quantitative estimate of drug-likeness (QED) is 0.482. The smallest absolute Gasteiger partial charge is 0.306 e. The summed E-state index contributed by atoms with van der Waals surface area (Å²) in [7, 11) is 0. The van der Waals surface area contributed by atoms with Crippen molar-refractivity contribution in [2.24, 2.45) is 0 Å². The second kappa shape index (κ2) is 8.58. The van der Waals surface area contributed by atoms with E-state index in [-0.39, 0.29) is 5.97 Å². The summed E-state index contributed by atoms with van der Waals surface area (Å²) in [5, 5.41) is 19.1. The van der Waals surface area contributed by atoms with Crippen molar-refractivity contribution >= 4 is 5.97 Å². The summed E-state index contributed by atoms with van der Waals surface area (Å²) in [6.07, 6.45) is 1.40. The van der Waals surface area contributed by atoms with Gasteiger partial charge in [0.25, 0.3) is 0 Å². The van der Waals surface area contributed by atoms with E-state index in [2.05, 4.69) is 6.92 Å². The first-order valence-corrected chi connectivity index (χ1v) is 8.87. The lowest BCUT2D eigenvalue weighted by Crippen LogP contribution is -2.45. The van der Waals surface area contributed by atoms with Gasteiger partial charge in [-0.05, 0) is 20.3 Å². The number of hydrogen-bond donors (Lipinski definition) is 2. The molecule has 140 valence electrons. The van der Waals surface area contributed by atoms with Crippen LogP contribution in [0.3, 0.4) is 0 Å². The lowest BCUT2D eigenvalue weighted by Gasteiger charge is -2.27. The molecule has 7 heteroatoms. The zero-order valence-corrected chi connectivity index (χ0v) is 14.8. The van der Waals surface area contributed by atoms with Crippen molar-refractivity contribution in [2.75, 3.05) is 6.61 Å². The van der Waals surface area contributed by atoms with Crippen molar-refractivity contribution in [2.45, 2.75) is 95.8 Å². The molecule has 5 atom stereocenters. The number of fused-ring (bicyclic) bond motifs is 1. The average Bonchev–Trinajstić information content (AvgIpc) is 2.99. The predicted molar refractivity (Wildman–Crippen MR) is 85.0 cm³/mol. The minimum atomic E-state index is -1.16. The number of aliphatic hydroxyl groups excluding tert-OH is 2. The Kier molecular flexibility index (Phi) is 7.00. The van der Waals surface area contributed by atoms with E-state index in [4.69, 9.17) is 18.9 Å². The van der Waals surface area contributed by atoms with Gasteiger partial charge < -0.3 is 29.2 Å². The molecule has 2 rings (SSSR count). The molecule has 0 unspecified atom stereocenters. The zero-order chi connectivity index (χ0) is 17.7. The van der Waals surface area contributed by atoms with Crippen molar-refractivity contribution < 1.29 is 34.0 Å². The van der Waals surface area contributed by atoms with Gasteiger partial charge in [0.05, 0.1) is 6.61 Å². The van der Waals surface area contributed by atoms with E-state index in [0.717, 1.165) is 25.7 Å². The fraction of sp³-hybridized carbons (Fsp3) is 0.941. The zero-order valence-electron chi connectivity index (χ0n) is 14.8. The van der Waals surface area contributed by atoms with E-state index in [9.17, 15) is 15.0 Å². The van der Waals surface area contributed by atoms with Gasteiger partial charge in [0.1, 0.15) is 12.2 Å². The maximum atomic E-state index is 12.1. The molecule has 0 spiro atoms. The molecule has 0 amide bonds. The minimum Gasteiger partial charge on any atom is -0.456 e. The Hall–Kier alpha value is -0.730. The van der Waals surface area contributed by atoms with Crippen molar-refractivity contribution in [3.8, 4) is 0 Å². The second-order valence-corrected chi connectivity index (χ2v) is 6.94. The van der Waals surface area contributed by atoms with Gasteiger partial charge in [-0.25, -0.2) is 0 Å². The summed E-state index contributed by atoms with van der Waals surface area (Å²) in [6, 6.07) is 0. The van der Waals surface area contributed by atoms with Crippen molar-refractivity contribution in [1.29, 1.82) is 0 Å². The van der Waals surface area contributed by atoms with Crippen LogP contribution in [-0.4, -0.2) is 59.3 Å². The average molecular weight is 346 g/mol. The maximum Gasteiger partial charge on any atom is 0.306 e. The Bertz CT molecular complexity index is 412. The largest absolute Gasteiger partial charge is 0.456 e. The third-order valence-corrected chi connectivity index (χ3v) is 4.35. The first-order chi connectivity index (χ1) is 11.4. The van der Waals surface area contributed by atoms with Gasteiger partial charge in [0.2, 0.25) is 0 Å². The van der Waals surface area contributed by atoms with Gasteiger partial charge in [-0.15, -0.1) is 0 Å². The highest BCUT2D eigenvalue weighted by molar-refractivity contribution is 5.69. The summed E-state index contributed by atoms with van der Waals surface area (Å²) in [5.41, 5.74) is 0. The molecule has 2 saturated heterocycles. The Morgan fingerprint density at radius 3 is 2.58 bits per heavy atom. The summed E-state index contributed by atoms with van der Waals surface area (Å²) in [6.45, 7) is 5.15. The molecule has 24 heavy (non-hydrogen) atoms. The second-order valence-electron chi connectivity index (χ2n) is 6.94. The summed E-state index contributed by atoms with van der Waals surface area (Å²) in [5.74, 6) is -1.18. The molecule has 2 aliphatic heterocycles. The van der Waals surface area contributed by atoms with E-state index in [1.54, 1.807) is 13.8 Å². The minimum absolute atomic E-state index is 0.323. The molecule has 0 bridgehead atoms. The lowest BCUT2D eigenvalue weighted by molar-refractivity contribution is -0.231. The van der Waals surface area contributed by atoms with Crippen LogP contribution in [0.15, 0.2) is 0 Å². The normalized spacial score (nSPS) is 32.5. The van der Waals surface area contributed by atoms with Gasteiger partial charge in [-0.2, -0.15) is 0 Å². The van der Waals surface area contributed by atoms with Gasteiger partial charge >= 0.3 is 5.97 Å². The topological polar surface area (TPSA) is 94.5 Å². The van der Waals surface area contributed by atoms with Crippen molar-refractivity contribution in [1.82, 2.24) is 0 Å². The van der Waals surface area contributed by atoms with Crippen LogP contribution in [0.4, 0.5) is 0 Å². The Morgan fingerprint density at radius 2 is 1.92 bits per heavy atom. The number of hydrogen-bond acceptors (Lipinski definition) is 7. The number of carbonyl (C=O) groups excluding carboxylic acids is 1. The van der Waals surface area contributed by atoms with Crippen LogP contribution in [0.25, 0.3) is 0 Å². The molecular formula is C17H30O7. The molecular weight excluding hydrogens is 316 g/mol. The first kappa shape index (κ1) is 19.6. The van der Waals surface area contributed by atoms with Crippen LogP contribution in [0, 0.1) is 0 Å². The number of esters is 1. The van der Waals surface area contributed by atoms with Gasteiger partial charge in [0.15, 0.2) is 24.3 Å². The first-order valence-electron chi connectivity index (χ1n) is 8.87. The molecule has 0 saturated carbocycles. The van der Waals surface area contributed by atoms with E-state index in [1.165, 1.54) is 6.42 Å². The fourth-order valence-electron chi connectivity index (χ4n) is 3.14. The molecule has 0 radical (unpaired) electrons. The molecule has 0 aromatic heterocycles. The van der Waals surface area contributed by atoms with Crippen LogP contribution in [-0.2, 0) is 23.7 Å². The van der Waals surface area contributed by atoms with Crippen molar-refractivity contribution in [3.05, 3.63) is 0 Å². The van der Waals surface area contributed by atoms with E-state index >= 15 is 0 Å². The Morgan fingerprint density at radius 1 is 1.21 bits per heavy atom. The maximum absolute atomic E-state index is 12.1. The number of carbonyl (C=O) groups is 1. The highest BCUT2D eigenvalue weighted by Gasteiger charge is 2.58. The molecule has 2 N–H and O–H groups in total. The van der Waals surface area contributed by atoms with Crippen molar-refractivity contribution in [3.63, 3.8) is 0 Å². The van der Waals surface area contributed by atoms with E-state index < -0.39 is 43.1 Å². The molecule has 7 nitrogen and oxygen atoms in total. The lowest BCUT2D eigenvalue weighted by atomic mass is 10.1. The highest BCUT2D eigenvalue weighted by Crippen LogP contribution is 2.39. The van der Waals surface area contributed by atoms with Gasteiger partial charge in [-0.3, -0.25) is 4.79 Å². The number of aliphatic hydroxyl groups is 2.